The van der Waals surface area contributed by atoms with E-state index < -0.39 is 0 Å². The van der Waals surface area contributed by atoms with Gasteiger partial charge in [0.05, 0.1) is 15.6 Å². The number of benzene rings is 2. The van der Waals surface area contributed by atoms with E-state index in [0.717, 1.165) is 0 Å². The van der Waals surface area contributed by atoms with E-state index in [-0.39, 0.29) is 27.3 Å². The maximum Gasteiger partial charge on any atom is 0.259 e. The summed E-state index contributed by atoms with van der Waals surface area (Å²) in [4.78, 5) is 14.1. The van der Waals surface area contributed by atoms with Crippen molar-refractivity contribution in [1.82, 2.24) is 0 Å². The van der Waals surface area contributed by atoms with Crippen LogP contribution in [0.5, 0.6) is 5.75 Å². The lowest BCUT2D eigenvalue weighted by Gasteiger charge is -2.22. The topological polar surface area (TPSA) is 66.6 Å². The standard InChI is InChI=1S/C15H14Cl2N2O2/c1-2-19(10-4-3-5-11(20)8-10)15(21)12-6-9(18)7-13(16)14(12)17/h3-8,20H,2,18H2,1H3. The van der Waals surface area contributed by atoms with Gasteiger partial charge >= 0.3 is 0 Å². The molecule has 2 aromatic carbocycles. The van der Waals surface area contributed by atoms with Crippen molar-refractivity contribution in [1.29, 1.82) is 0 Å². The predicted molar refractivity (Wildman–Crippen MR) is 86.3 cm³/mol. The minimum Gasteiger partial charge on any atom is -0.508 e. The average Bonchev–Trinajstić information content (AvgIpc) is 2.43. The van der Waals surface area contributed by atoms with E-state index >= 15 is 0 Å². The maximum absolute atomic E-state index is 12.7. The highest BCUT2D eigenvalue weighted by Gasteiger charge is 2.21. The van der Waals surface area contributed by atoms with Crippen molar-refractivity contribution in [3.63, 3.8) is 0 Å². The zero-order valence-electron chi connectivity index (χ0n) is 11.3. The Balaban J connectivity index is 2.46. The van der Waals surface area contributed by atoms with Gasteiger partial charge in [0.25, 0.3) is 5.91 Å². The van der Waals surface area contributed by atoms with Crippen LogP contribution in [0.2, 0.25) is 10.0 Å². The maximum atomic E-state index is 12.7. The van der Waals surface area contributed by atoms with Gasteiger partial charge in [-0.05, 0) is 31.2 Å². The molecule has 2 rings (SSSR count). The third kappa shape index (κ3) is 3.23. The van der Waals surface area contributed by atoms with Crippen LogP contribution >= 0.6 is 23.2 Å². The summed E-state index contributed by atoms with van der Waals surface area (Å²) in [6, 6.07) is 9.40. The van der Waals surface area contributed by atoms with E-state index in [1.165, 1.54) is 29.2 Å². The Morgan fingerprint density at radius 2 is 2.00 bits per heavy atom. The molecule has 0 aliphatic rings. The molecule has 0 spiro atoms. The summed E-state index contributed by atoms with van der Waals surface area (Å²) in [6.07, 6.45) is 0. The number of amides is 1. The first-order chi connectivity index (χ1) is 9.93. The number of rotatable bonds is 3. The van der Waals surface area contributed by atoms with Gasteiger partial charge < -0.3 is 15.7 Å². The molecule has 0 atom stereocenters. The smallest absolute Gasteiger partial charge is 0.259 e. The molecular formula is C15H14Cl2N2O2. The molecule has 0 aromatic heterocycles. The largest absolute Gasteiger partial charge is 0.508 e. The number of anilines is 2. The molecule has 21 heavy (non-hydrogen) atoms. The number of nitrogen functional groups attached to an aromatic ring is 1. The van der Waals surface area contributed by atoms with Gasteiger partial charge in [0.1, 0.15) is 5.75 Å². The van der Waals surface area contributed by atoms with E-state index in [1.54, 1.807) is 12.1 Å². The summed E-state index contributed by atoms with van der Waals surface area (Å²) in [5, 5.41) is 9.94. The Kier molecular flexibility index (Phi) is 4.60. The lowest BCUT2D eigenvalue weighted by atomic mass is 10.1. The highest BCUT2D eigenvalue weighted by atomic mass is 35.5. The zero-order chi connectivity index (χ0) is 15.6. The van der Waals surface area contributed by atoms with Gasteiger partial charge in [0, 0.05) is 24.0 Å². The van der Waals surface area contributed by atoms with Gasteiger partial charge in [-0.25, -0.2) is 0 Å². The Hall–Kier alpha value is -1.91. The lowest BCUT2D eigenvalue weighted by molar-refractivity contribution is 0.0988. The van der Waals surface area contributed by atoms with E-state index in [1.807, 2.05) is 6.92 Å². The molecule has 0 heterocycles. The lowest BCUT2D eigenvalue weighted by Crippen LogP contribution is -2.30. The second kappa shape index (κ2) is 6.24. The molecule has 4 nitrogen and oxygen atoms in total. The Morgan fingerprint density at radius 1 is 1.29 bits per heavy atom. The molecule has 0 aliphatic heterocycles. The van der Waals surface area contributed by atoms with Gasteiger partial charge in [-0.1, -0.05) is 29.3 Å². The summed E-state index contributed by atoms with van der Waals surface area (Å²) < 4.78 is 0. The van der Waals surface area contributed by atoms with E-state index in [0.29, 0.717) is 17.9 Å². The molecule has 6 heteroatoms. The van der Waals surface area contributed by atoms with Gasteiger partial charge in [-0.2, -0.15) is 0 Å². The molecule has 110 valence electrons. The summed E-state index contributed by atoms with van der Waals surface area (Å²) in [7, 11) is 0. The van der Waals surface area contributed by atoms with Crippen molar-refractivity contribution in [2.45, 2.75) is 6.92 Å². The van der Waals surface area contributed by atoms with Gasteiger partial charge in [0.15, 0.2) is 0 Å². The Labute approximate surface area is 132 Å². The van der Waals surface area contributed by atoms with Crippen LogP contribution in [-0.4, -0.2) is 17.6 Å². The first-order valence-corrected chi connectivity index (χ1v) is 7.05. The zero-order valence-corrected chi connectivity index (χ0v) is 12.8. The second-order valence-corrected chi connectivity index (χ2v) is 5.22. The summed E-state index contributed by atoms with van der Waals surface area (Å²) >= 11 is 12.1. The third-order valence-corrected chi connectivity index (χ3v) is 3.79. The Bertz CT molecular complexity index is 689. The molecule has 1 amide bonds. The summed E-state index contributed by atoms with van der Waals surface area (Å²) in [5.74, 6) is -0.252. The number of carbonyl (C=O) groups excluding carboxylic acids is 1. The van der Waals surface area contributed by atoms with Crippen LogP contribution in [0.15, 0.2) is 36.4 Å². The average molecular weight is 325 g/mol. The van der Waals surface area contributed by atoms with E-state index in [4.69, 9.17) is 28.9 Å². The number of hydrogen-bond donors (Lipinski definition) is 2. The minimum atomic E-state index is -0.331. The molecule has 3 N–H and O–H groups in total. The highest BCUT2D eigenvalue weighted by molar-refractivity contribution is 6.44. The minimum absolute atomic E-state index is 0.0791. The van der Waals surface area contributed by atoms with E-state index in [2.05, 4.69) is 0 Å². The number of carbonyl (C=O) groups is 1. The highest BCUT2D eigenvalue weighted by Crippen LogP contribution is 2.31. The van der Waals surface area contributed by atoms with Crippen LogP contribution in [-0.2, 0) is 0 Å². The molecular weight excluding hydrogens is 311 g/mol. The van der Waals surface area contributed by atoms with Crippen molar-refractivity contribution >= 4 is 40.5 Å². The number of nitrogens with two attached hydrogens (primary N) is 1. The van der Waals surface area contributed by atoms with Gasteiger partial charge in [-0.15, -0.1) is 0 Å². The fourth-order valence-electron chi connectivity index (χ4n) is 2.02. The number of hydrogen-bond acceptors (Lipinski definition) is 3. The number of nitrogens with zero attached hydrogens (tertiary/aromatic N) is 1. The summed E-state index contributed by atoms with van der Waals surface area (Å²) in [6.45, 7) is 2.23. The van der Waals surface area contributed by atoms with Crippen LogP contribution in [0.3, 0.4) is 0 Å². The normalized spacial score (nSPS) is 10.4. The van der Waals surface area contributed by atoms with Gasteiger partial charge in [0.2, 0.25) is 0 Å². The van der Waals surface area contributed by atoms with Crippen molar-refractivity contribution in [2.24, 2.45) is 0 Å². The Morgan fingerprint density at radius 3 is 2.62 bits per heavy atom. The number of halogens is 2. The van der Waals surface area contributed by atoms with Crippen molar-refractivity contribution < 1.29 is 9.90 Å². The monoisotopic (exact) mass is 324 g/mol. The van der Waals surface area contributed by atoms with E-state index in [9.17, 15) is 9.90 Å². The van der Waals surface area contributed by atoms with Crippen LogP contribution in [0.25, 0.3) is 0 Å². The molecule has 0 radical (unpaired) electrons. The SMILES string of the molecule is CCN(C(=O)c1cc(N)cc(Cl)c1Cl)c1cccc(O)c1. The van der Waals surface area contributed by atoms with Crippen molar-refractivity contribution in [3.8, 4) is 5.75 Å². The molecule has 0 saturated carbocycles. The van der Waals surface area contributed by atoms with Crippen LogP contribution in [0.4, 0.5) is 11.4 Å². The quantitative estimate of drug-likeness (QED) is 0.840. The number of aromatic hydroxyl groups is 1. The first kappa shape index (κ1) is 15.5. The van der Waals surface area contributed by atoms with Crippen LogP contribution < -0.4 is 10.6 Å². The molecule has 0 unspecified atom stereocenters. The molecule has 0 bridgehead atoms. The first-order valence-electron chi connectivity index (χ1n) is 6.29. The number of phenols is 1. The molecule has 0 aliphatic carbocycles. The molecule has 0 saturated heterocycles. The van der Waals surface area contributed by atoms with Crippen LogP contribution in [0, 0.1) is 0 Å². The van der Waals surface area contributed by atoms with Crippen molar-refractivity contribution in [2.75, 3.05) is 17.2 Å². The van der Waals surface area contributed by atoms with Crippen molar-refractivity contribution in [3.05, 3.63) is 52.0 Å². The fourth-order valence-corrected chi connectivity index (χ4v) is 2.43. The van der Waals surface area contributed by atoms with Gasteiger partial charge in [-0.3, -0.25) is 4.79 Å². The molecule has 2 aromatic rings. The predicted octanol–water partition coefficient (Wildman–Crippen LogP) is 3.95. The molecule has 0 fully saturated rings. The summed E-state index contributed by atoms with van der Waals surface area (Å²) in [5.41, 5.74) is 6.87. The second-order valence-electron chi connectivity index (χ2n) is 4.43. The third-order valence-electron chi connectivity index (χ3n) is 2.98. The van der Waals surface area contributed by atoms with Crippen LogP contribution in [0.1, 0.15) is 17.3 Å². The number of phenolic OH excluding ortho intramolecular Hbond substituents is 1. The fraction of sp³-hybridized carbons (Fsp3) is 0.133.